The van der Waals surface area contributed by atoms with Gasteiger partial charge in [-0.2, -0.15) is 0 Å². The first-order valence-electron chi connectivity index (χ1n) is 7.21. The van der Waals surface area contributed by atoms with Gasteiger partial charge < -0.3 is 15.3 Å². The van der Waals surface area contributed by atoms with Crippen molar-refractivity contribution in [3.63, 3.8) is 0 Å². The van der Waals surface area contributed by atoms with Crippen LogP contribution in [0.15, 0.2) is 24.3 Å². The second kappa shape index (κ2) is 8.17. The summed E-state index contributed by atoms with van der Waals surface area (Å²) in [5.74, 6) is -1.46. The fourth-order valence-corrected chi connectivity index (χ4v) is 1.95. The van der Waals surface area contributed by atoms with Gasteiger partial charge in [0.05, 0.1) is 0 Å². The Morgan fingerprint density at radius 3 is 2.27 bits per heavy atom. The summed E-state index contributed by atoms with van der Waals surface area (Å²) in [4.78, 5) is 35.6. The Morgan fingerprint density at radius 2 is 1.82 bits per heavy atom. The predicted octanol–water partition coefficient (Wildman–Crippen LogP) is 1.65. The molecule has 0 heterocycles. The number of rotatable bonds is 7. The lowest BCUT2D eigenvalue weighted by Gasteiger charge is -2.27. The van der Waals surface area contributed by atoms with Gasteiger partial charge in [-0.05, 0) is 31.0 Å². The summed E-state index contributed by atoms with van der Waals surface area (Å²) in [6.07, 6.45) is 0.680. The van der Waals surface area contributed by atoms with Crippen LogP contribution in [0.25, 0.3) is 0 Å². The third-order valence-electron chi connectivity index (χ3n) is 3.43. The molecule has 120 valence electrons. The number of carboxylic acids is 1. The van der Waals surface area contributed by atoms with Gasteiger partial charge in [-0.1, -0.05) is 19.1 Å². The van der Waals surface area contributed by atoms with Crippen molar-refractivity contribution in [2.45, 2.75) is 39.8 Å². The Morgan fingerprint density at radius 1 is 1.23 bits per heavy atom. The van der Waals surface area contributed by atoms with Crippen LogP contribution in [-0.2, 0) is 16.1 Å². The molecule has 2 N–H and O–H groups in total. The molecule has 2 amide bonds. The van der Waals surface area contributed by atoms with E-state index >= 15 is 0 Å². The first-order valence-corrected chi connectivity index (χ1v) is 7.21. The van der Waals surface area contributed by atoms with Crippen LogP contribution in [0.2, 0.25) is 0 Å². The second-order valence-corrected chi connectivity index (χ2v) is 5.19. The van der Waals surface area contributed by atoms with Gasteiger partial charge in [0.1, 0.15) is 6.54 Å². The Kier molecular flexibility index (Phi) is 6.56. The smallest absolute Gasteiger partial charge is 0.323 e. The molecule has 0 radical (unpaired) electrons. The molecule has 1 unspecified atom stereocenters. The molecule has 22 heavy (non-hydrogen) atoms. The average molecular weight is 306 g/mol. The van der Waals surface area contributed by atoms with Gasteiger partial charge in [0.15, 0.2) is 0 Å². The number of benzene rings is 1. The first kappa shape index (κ1) is 17.7. The van der Waals surface area contributed by atoms with Crippen LogP contribution >= 0.6 is 0 Å². The van der Waals surface area contributed by atoms with E-state index in [0.29, 0.717) is 18.5 Å². The number of hydrogen-bond donors (Lipinski definition) is 2. The van der Waals surface area contributed by atoms with Gasteiger partial charge in [-0.15, -0.1) is 0 Å². The van der Waals surface area contributed by atoms with Crippen molar-refractivity contribution in [3.05, 3.63) is 35.4 Å². The molecule has 0 bridgehead atoms. The molecule has 0 aromatic heterocycles. The summed E-state index contributed by atoms with van der Waals surface area (Å²) in [5.41, 5.74) is 1.31. The number of nitrogens with zero attached hydrogens (tertiary/aromatic N) is 1. The maximum Gasteiger partial charge on any atom is 0.323 e. The highest BCUT2D eigenvalue weighted by Crippen LogP contribution is 2.12. The third kappa shape index (κ3) is 5.20. The molecule has 0 fully saturated rings. The minimum Gasteiger partial charge on any atom is -0.480 e. The molecule has 0 spiro atoms. The van der Waals surface area contributed by atoms with E-state index in [2.05, 4.69) is 5.32 Å². The van der Waals surface area contributed by atoms with Crippen LogP contribution < -0.4 is 5.32 Å². The van der Waals surface area contributed by atoms with Crippen LogP contribution in [0.1, 0.15) is 43.1 Å². The van der Waals surface area contributed by atoms with E-state index in [1.54, 1.807) is 24.3 Å². The average Bonchev–Trinajstić information content (AvgIpc) is 2.49. The van der Waals surface area contributed by atoms with E-state index in [1.807, 2.05) is 13.8 Å². The Hall–Kier alpha value is -2.37. The summed E-state index contributed by atoms with van der Waals surface area (Å²) >= 11 is 0. The van der Waals surface area contributed by atoms with Gasteiger partial charge >= 0.3 is 5.97 Å². The van der Waals surface area contributed by atoms with Gasteiger partial charge in [0, 0.05) is 25.1 Å². The van der Waals surface area contributed by atoms with Gasteiger partial charge in [0.2, 0.25) is 5.91 Å². The molecule has 6 nitrogen and oxygen atoms in total. The normalized spacial score (nSPS) is 11.6. The van der Waals surface area contributed by atoms with Gasteiger partial charge in [-0.3, -0.25) is 14.4 Å². The van der Waals surface area contributed by atoms with Gasteiger partial charge in [-0.25, -0.2) is 0 Å². The lowest BCUT2D eigenvalue weighted by Crippen LogP contribution is -2.41. The topological polar surface area (TPSA) is 86.7 Å². The van der Waals surface area contributed by atoms with E-state index < -0.39 is 5.97 Å². The summed E-state index contributed by atoms with van der Waals surface area (Å²) in [6, 6.07) is 6.65. The summed E-state index contributed by atoms with van der Waals surface area (Å²) in [6.45, 7) is 5.25. The number of carbonyl (C=O) groups is 3. The van der Waals surface area contributed by atoms with Crippen molar-refractivity contribution in [2.75, 3.05) is 6.54 Å². The zero-order chi connectivity index (χ0) is 16.7. The number of nitrogens with one attached hydrogen (secondary N) is 1. The van der Waals surface area contributed by atoms with Crippen molar-refractivity contribution in [3.8, 4) is 0 Å². The zero-order valence-electron chi connectivity index (χ0n) is 13.1. The number of amides is 2. The lowest BCUT2D eigenvalue weighted by atomic mass is 10.1. The Bertz CT molecular complexity index is 540. The fourth-order valence-electron chi connectivity index (χ4n) is 1.95. The molecule has 0 aliphatic carbocycles. The van der Waals surface area contributed by atoms with E-state index in [1.165, 1.54) is 11.8 Å². The molecule has 0 saturated carbocycles. The monoisotopic (exact) mass is 306 g/mol. The highest BCUT2D eigenvalue weighted by Gasteiger charge is 2.22. The number of carbonyl (C=O) groups excluding carboxylic acids is 2. The van der Waals surface area contributed by atoms with Crippen LogP contribution in [0.5, 0.6) is 0 Å². The molecule has 1 aromatic rings. The molecule has 0 aliphatic rings. The van der Waals surface area contributed by atoms with E-state index in [4.69, 9.17) is 5.11 Å². The summed E-state index contributed by atoms with van der Waals surface area (Å²) in [5, 5.41) is 11.6. The maximum atomic E-state index is 12.5. The lowest BCUT2D eigenvalue weighted by molar-refractivity contribution is -0.138. The van der Waals surface area contributed by atoms with E-state index in [9.17, 15) is 14.4 Å². The van der Waals surface area contributed by atoms with Gasteiger partial charge in [0.25, 0.3) is 5.91 Å². The predicted molar refractivity (Wildman–Crippen MR) is 82.4 cm³/mol. The molecule has 0 saturated heterocycles. The van der Waals surface area contributed by atoms with Crippen LogP contribution in [-0.4, -0.2) is 40.4 Å². The second-order valence-electron chi connectivity index (χ2n) is 5.19. The van der Waals surface area contributed by atoms with Crippen LogP contribution in [0.4, 0.5) is 0 Å². The highest BCUT2D eigenvalue weighted by atomic mass is 16.4. The van der Waals surface area contributed by atoms with E-state index in [-0.39, 0.29) is 24.4 Å². The van der Waals surface area contributed by atoms with Crippen LogP contribution in [0, 0.1) is 0 Å². The SMILES string of the molecule is CCC(C)N(CC(=O)O)C(=O)c1ccc(CNC(C)=O)cc1. The highest BCUT2D eigenvalue weighted by molar-refractivity contribution is 5.96. The van der Waals surface area contributed by atoms with Crippen molar-refractivity contribution in [1.82, 2.24) is 10.2 Å². The maximum absolute atomic E-state index is 12.5. The molecule has 1 rings (SSSR count). The quantitative estimate of drug-likeness (QED) is 0.802. The van der Waals surface area contributed by atoms with Crippen molar-refractivity contribution >= 4 is 17.8 Å². The molecular formula is C16H22N2O4. The largest absolute Gasteiger partial charge is 0.480 e. The molecule has 1 aromatic carbocycles. The first-order chi connectivity index (χ1) is 10.3. The molecule has 1 atom stereocenters. The Labute approximate surface area is 130 Å². The molecule has 6 heteroatoms. The van der Waals surface area contributed by atoms with Crippen LogP contribution in [0.3, 0.4) is 0 Å². The third-order valence-corrected chi connectivity index (χ3v) is 3.43. The minimum absolute atomic E-state index is 0.121. The molecular weight excluding hydrogens is 284 g/mol. The number of carboxylic acid groups (broad SMARTS) is 1. The van der Waals surface area contributed by atoms with Crippen molar-refractivity contribution in [2.24, 2.45) is 0 Å². The Balaban J connectivity index is 2.85. The van der Waals surface area contributed by atoms with Crippen molar-refractivity contribution in [1.29, 1.82) is 0 Å². The fraction of sp³-hybridized carbons (Fsp3) is 0.438. The molecule has 0 aliphatic heterocycles. The standard InChI is InChI=1S/C16H22N2O4/c1-4-11(2)18(10-15(20)21)16(22)14-7-5-13(6-8-14)9-17-12(3)19/h5-8,11H,4,9-10H2,1-3H3,(H,17,19)(H,20,21). The number of hydrogen-bond acceptors (Lipinski definition) is 3. The van der Waals surface area contributed by atoms with E-state index in [0.717, 1.165) is 5.56 Å². The van der Waals surface area contributed by atoms with Crippen molar-refractivity contribution < 1.29 is 19.5 Å². The summed E-state index contributed by atoms with van der Waals surface area (Å²) in [7, 11) is 0. The minimum atomic E-state index is -1.03. The summed E-state index contributed by atoms with van der Waals surface area (Å²) < 4.78 is 0. The number of aliphatic carboxylic acids is 1. The zero-order valence-corrected chi connectivity index (χ0v) is 13.1.